The van der Waals surface area contributed by atoms with Crippen LogP contribution in [0.15, 0.2) is 0 Å². The van der Waals surface area contributed by atoms with Crippen LogP contribution in [0.4, 0.5) is 0 Å². The second-order valence-electron chi connectivity index (χ2n) is 4.34. The highest BCUT2D eigenvalue weighted by molar-refractivity contribution is 5.85. The molecule has 0 radical (unpaired) electrons. The van der Waals surface area contributed by atoms with Crippen LogP contribution in [0.2, 0.25) is 0 Å². The molecule has 0 aromatic heterocycles. The van der Waals surface area contributed by atoms with Crippen molar-refractivity contribution in [3.63, 3.8) is 0 Å². The average molecular weight is 236 g/mol. The van der Waals surface area contributed by atoms with Gasteiger partial charge in [-0.25, -0.2) is 0 Å². The lowest BCUT2D eigenvalue weighted by Gasteiger charge is -2.39. The summed E-state index contributed by atoms with van der Waals surface area (Å²) < 4.78 is 0. The maximum Gasteiger partial charge on any atom is 0.224 e. The van der Waals surface area contributed by atoms with Crippen molar-refractivity contribution in [2.24, 2.45) is 5.73 Å². The lowest BCUT2D eigenvalue weighted by Crippen LogP contribution is -2.57. The fourth-order valence-corrected chi connectivity index (χ4v) is 2.00. The first-order valence-electron chi connectivity index (χ1n) is 5.29. The summed E-state index contributed by atoms with van der Waals surface area (Å²) in [5.74, 6) is 0.182. The molecule has 1 rings (SSSR count). The minimum atomic E-state index is -0.0446. The minimum Gasteiger partial charge on any atom is -0.335 e. The number of nitrogens with zero attached hydrogens (tertiary/aromatic N) is 1. The van der Waals surface area contributed by atoms with Gasteiger partial charge < -0.3 is 16.0 Å². The van der Waals surface area contributed by atoms with Gasteiger partial charge in [0.25, 0.3) is 0 Å². The predicted octanol–water partition coefficient (Wildman–Crippen LogP) is 0.354. The zero-order valence-corrected chi connectivity index (χ0v) is 10.5. The smallest absolute Gasteiger partial charge is 0.224 e. The summed E-state index contributed by atoms with van der Waals surface area (Å²) in [5, 5.41) is 3.30. The molecule has 15 heavy (non-hydrogen) atoms. The third kappa shape index (κ3) is 3.97. The van der Waals surface area contributed by atoms with E-state index in [4.69, 9.17) is 5.73 Å². The van der Waals surface area contributed by atoms with Crippen molar-refractivity contribution >= 4 is 18.3 Å². The highest BCUT2D eigenvalue weighted by Crippen LogP contribution is 2.11. The molecule has 0 spiro atoms. The molecule has 90 valence electrons. The SMILES string of the molecule is CC(N)CC(=O)N1C(C)CNCC1C.Cl. The molecule has 0 saturated carbocycles. The van der Waals surface area contributed by atoms with Gasteiger partial charge in [0.2, 0.25) is 5.91 Å². The molecule has 1 aliphatic rings. The van der Waals surface area contributed by atoms with Gasteiger partial charge in [-0.1, -0.05) is 0 Å². The molecular weight excluding hydrogens is 214 g/mol. The summed E-state index contributed by atoms with van der Waals surface area (Å²) in [4.78, 5) is 13.8. The molecule has 4 nitrogen and oxygen atoms in total. The summed E-state index contributed by atoms with van der Waals surface area (Å²) in [5.41, 5.74) is 5.63. The van der Waals surface area contributed by atoms with E-state index in [1.807, 2.05) is 11.8 Å². The lowest BCUT2D eigenvalue weighted by atomic mass is 10.1. The Morgan fingerprint density at radius 3 is 2.33 bits per heavy atom. The molecule has 0 aromatic carbocycles. The Morgan fingerprint density at radius 2 is 1.93 bits per heavy atom. The molecule has 3 atom stereocenters. The van der Waals surface area contributed by atoms with Gasteiger partial charge in [-0.05, 0) is 20.8 Å². The minimum absolute atomic E-state index is 0. The first kappa shape index (κ1) is 14.7. The fourth-order valence-electron chi connectivity index (χ4n) is 2.00. The van der Waals surface area contributed by atoms with Crippen molar-refractivity contribution in [1.82, 2.24) is 10.2 Å². The molecule has 3 N–H and O–H groups in total. The van der Waals surface area contributed by atoms with E-state index in [0.717, 1.165) is 13.1 Å². The van der Waals surface area contributed by atoms with Gasteiger partial charge in [0.05, 0.1) is 0 Å². The average Bonchev–Trinajstić information content (AvgIpc) is 2.01. The molecule has 0 bridgehead atoms. The van der Waals surface area contributed by atoms with Crippen molar-refractivity contribution in [1.29, 1.82) is 0 Å². The predicted molar refractivity (Wildman–Crippen MR) is 64.2 cm³/mol. The molecule has 0 aliphatic carbocycles. The monoisotopic (exact) mass is 235 g/mol. The van der Waals surface area contributed by atoms with E-state index in [9.17, 15) is 4.79 Å². The van der Waals surface area contributed by atoms with Crippen LogP contribution in [0.1, 0.15) is 27.2 Å². The lowest BCUT2D eigenvalue weighted by molar-refractivity contribution is -0.136. The standard InChI is InChI=1S/C10H21N3O.ClH/c1-7(11)4-10(14)13-8(2)5-12-6-9(13)3;/h7-9,12H,4-6,11H2,1-3H3;1H. The molecule has 0 aromatic rings. The van der Waals surface area contributed by atoms with Gasteiger partial charge in [-0.2, -0.15) is 0 Å². The number of carbonyl (C=O) groups excluding carboxylic acids is 1. The maximum absolute atomic E-state index is 11.8. The van der Waals surface area contributed by atoms with Gasteiger partial charge in [-0.15, -0.1) is 12.4 Å². The van der Waals surface area contributed by atoms with Crippen LogP contribution in [0.3, 0.4) is 0 Å². The van der Waals surface area contributed by atoms with Crippen molar-refractivity contribution in [3.8, 4) is 0 Å². The largest absolute Gasteiger partial charge is 0.335 e. The normalized spacial score (nSPS) is 28.1. The van der Waals surface area contributed by atoms with E-state index in [1.165, 1.54) is 0 Å². The molecule has 1 heterocycles. The van der Waals surface area contributed by atoms with E-state index >= 15 is 0 Å². The summed E-state index contributed by atoms with van der Waals surface area (Å²) in [7, 11) is 0. The van der Waals surface area contributed by atoms with Crippen molar-refractivity contribution in [2.75, 3.05) is 13.1 Å². The molecule has 1 fully saturated rings. The molecular formula is C10H22ClN3O. The van der Waals surface area contributed by atoms with E-state index in [0.29, 0.717) is 6.42 Å². The second kappa shape index (κ2) is 6.30. The maximum atomic E-state index is 11.8. The number of amides is 1. The number of hydrogen-bond acceptors (Lipinski definition) is 3. The first-order chi connectivity index (χ1) is 6.52. The molecule has 5 heteroatoms. The quantitative estimate of drug-likeness (QED) is 0.727. The highest BCUT2D eigenvalue weighted by Gasteiger charge is 2.28. The number of carbonyl (C=O) groups is 1. The second-order valence-corrected chi connectivity index (χ2v) is 4.34. The van der Waals surface area contributed by atoms with E-state index < -0.39 is 0 Å². The van der Waals surface area contributed by atoms with Crippen LogP contribution < -0.4 is 11.1 Å². The highest BCUT2D eigenvalue weighted by atomic mass is 35.5. The van der Waals surface area contributed by atoms with Gasteiger partial charge in [0.1, 0.15) is 0 Å². The summed E-state index contributed by atoms with van der Waals surface area (Å²) in [6.07, 6.45) is 0.453. The molecule has 1 aliphatic heterocycles. The van der Waals surface area contributed by atoms with Crippen molar-refractivity contribution in [3.05, 3.63) is 0 Å². The Bertz CT molecular complexity index is 201. The molecule has 1 amide bonds. The van der Waals surface area contributed by atoms with Crippen LogP contribution >= 0.6 is 12.4 Å². The number of rotatable bonds is 2. The number of nitrogens with two attached hydrogens (primary N) is 1. The summed E-state index contributed by atoms with van der Waals surface area (Å²) >= 11 is 0. The van der Waals surface area contributed by atoms with Crippen molar-refractivity contribution < 1.29 is 4.79 Å². The third-order valence-electron chi connectivity index (χ3n) is 2.61. The number of piperazine rings is 1. The number of hydrogen-bond donors (Lipinski definition) is 2. The van der Waals surface area contributed by atoms with Crippen LogP contribution in [-0.4, -0.2) is 42.0 Å². The van der Waals surface area contributed by atoms with Gasteiger partial charge in [0.15, 0.2) is 0 Å². The Kier molecular flexibility index (Phi) is 6.17. The number of halogens is 1. The van der Waals surface area contributed by atoms with Gasteiger partial charge >= 0.3 is 0 Å². The van der Waals surface area contributed by atoms with E-state index in [-0.39, 0.29) is 36.4 Å². The first-order valence-corrected chi connectivity index (χ1v) is 5.29. The third-order valence-corrected chi connectivity index (χ3v) is 2.61. The van der Waals surface area contributed by atoms with Crippen LogP contribution in [0.5, 0.6) is 0 Å². The van der Waals surface area contributed by atoms with Crippen LogP contribution in [-0.2, 0) is 4.79 Å². The fraction of sp³-hybridized carbons (Fsp3) is 0.900. The van der Waals surface area contributed by atoms with Crippen LogP contribution in [0, 0.1) is 0 Å². The zero-order chi connectivity index (χ0) is 10.7. The Hall–Kier alpha value is -0.320. The summed E-state index contributed by atoms with van der Waals surface area (Å²) in [6, 6.07) is 0.520. The molecule has 1 saturated heterocycles. The number of nitrogens with one attached hydrogen (secondary N) is 1. The topological polar surface area (TPSA) is 58.4 Å². The molecule has 3 unspecified atom stereocenters. The Balaban J connectivity index is 0.00000196. The Labute approximate surface area is 98.0 Å². The van der Waals surface area contributed by atoms with Crippen LogP contribution in [0.25, 0.3) is 0 Å². The summed E-state index contributed by atoms with van der Waals surface area (Å²) in [6.45, 7) is 7.78. The van der Waals surface area contributed by atoms with Gasteiger partial charge in [0, 0.05) is 37.6 Å². The van der Waals surface area contributed by atoms with E-state index in [2.05, 4.69) is 19.2 Å². The Morgan fingerprint density at radius 1 is 1.47 bits per heavy atom. The van der Waals surface area contributed by atoms with Crippen molar-refractivity contribution in [2.45, 2.75) is 45.3 Å². The zero-order valence-electron chi connectivity index (χ0n) is 9.69. The van der Waals surface area contributed by atoms with Gasteiger partial charge in [-0.3, -0.25) is 4.79 Å². The van der Waals surface area contributed by atoms with E-state index in [1.54, 1.807) is 0 Å².